The highest BCUT2D eigenvalue weighted by Crippen LogP contribution is 2.29. The SMILES string of the molecule is CCC1(CCC(=O)NC(c2ccccc2)c2ccncc2)CCC(=O)N1. The fourth-order valence-corrected chi connectivity index (χ4v) is 3.55. The number of nitrogens with zero attached hydrogens (tertiary/aromatic N) is 1. The van der Waals surface area contributed by atoms with Gasteiger partial charge in [0.1, 0.15) is 0 Å². The Bertz CT molecular complexity index is 709. The molecule has 1 aromatic carbocycles. The van der Waals surface area contributed by atoms with Gasteiger partial charge in [0.05, 0.1) is 6.04 Å². The standard InChI is InChI=1S/C21H25N3O2/c1-2-21(13-9-19(26)24-21)12-8-18(25)23-20(16-6-4-3-5-7-16)17-10-14-22-15-11-17/h3-7,10-11,14-15,20H,2,8-9,12-13H2,1H3,(H,23,25)(H,24,26). The molecule has 0 spiro atoms. The molecule has 0 bridgehead atoms. The Balaban J connectivity index is 1.69. The second-order valence-corrected chi connectivity index (χ2v) is 6.87. The second kappa shape index (κ2) is 8.13. The Morgan fingerprint density at radius 2 is 1.88 bits per heavy atom. The number of aromatic nitrogens is 1. The summed E-state index contributed by atoms with van der Waals surface area (Å²) in [6.07, 6.45) is 6.73. The van der Waals surface area contributed by atoms with E-state index in [4.69, 9.17) is 0 Å². The van der Waals surface area contributed by atoms with Crippen LogP contribution in [0.4, 0.5) is 0 Å². The van der Waals surface area contributed by atoms with E-state index in [0.717, 1.165) is 24.0 Å². The third kappa shape index (κ3) is 4.28. The van der Waals surface area contributed by atoms with Crippen molar-refractivity contribution in [1.82, 2.24) is 15.6 Å². The summed E-state index contributed by atoms with van der Waals surface area (Å²) in [6.45, 7) is 2.06. The van der Waals surface area contributed by atoms with Crippen LogP contribution in [0.15, 0.2) is 54.9 Å². The highest BCUT2D eigenvalue weighted by molar-refractivity contribution is 5.80. The van der Waals surface area contributed by atoms with Crippen LogP contribution in [-0.4, -0.2) is 22.3 Å². The first-order valence-electron chi connectivity index (χ1n) is 9.17. The third-order valence-electron chi connectivity index (χ3n) is 5.22. The topological polar surface area (TPSA) is 71.1 Å². The average molecular weight is 351 g/mol. The Morgan fingerprint density at radius 3 is 2.50 bits per heavy atom. The number of carbonyl (C=O) groups is 2. The van der Waals surface area contributed by atoms with Crippen LogP contribution in [0.25, 0.3) is 0 Å². The number of hydrogen-bond acceptors (Lipinski definition) is 3. The van der Waals surface area contributed by atoms with E-state index in [1.165, 1.54) is 0 Å². The minimum absolute atomic E-state index is 0.00959. The predicted octanol–water partition coefficient (Wildman–Crippen LogP) is 3.13. The lowest BCUT2D eigenvalue weighted by Gasteiger charge is -2.28. The predicted molar refractivity (Wildman–Crippen MR) is 100 cm³/mol. The summed E-state index contributed by atoms with van der Waals surface area (Å²) in [5.41, 5.74) is 1.80. The number of amides is 2. The van der Waals surface area contributed by atoms with Crippen molar-refractivity contribution in [3.05, 3.63) is 66.0 Å². The van der Waals surface area contributed by atoms with Crippen molar-refractivity contribution in [2.24, 2.45) is 0 Å². The molecular weight excluding hydrogens is 326 g/mol. The van der Waals surface area contributed by atoms with Gasteiger partial charge in [-0.3, -0.25) is 14.6 Å². The summed E-state index contributed by atoms with van der Waals surface area (Å²) in [7, 11) is 0. The van der Waals surface area contributed by atoms with E-state index in [0.29, 0.717) is 19.3 Å². The Labute approximate surface area is 154 Å². The van der Waals surface area contributed by atoms with Gasteiger partial charge in [-0.25, -0.2) is 0 Å². The monoisotopic (exact) mass is 351 g/mol. The van der Waals surface area contributed by atoms with E-state index in [-0.39, 0.29) is 23.4 Å². The number of rotatable bonds is 7. The molecule has 1 aromatic heterocycles. The molecule has 1 aliphatic heterocycles. The fraction of sp³-hybridized carbons (Fsp3) is 0.381. The van der Waals surface area contributed by atoms with Gasteiger partial charge in [0.25, 0.3) is 0 Å². The smallest absolute Gasteiger partial charge is 0.220 e. The molecule has 1 fully saturated rings. The molecule has 136 valence electrons. The summed E-state index contributed by atoms with van der Waals surface area (Å²) in [5.74, 6) is 0.0795. The summed E-state index contributed by atoms with van der Waals surface area (Å²) in [5, 5.41) is 6.21. The number of pyridine rings is 1. The lowest BCUT2D eigenvalue weighted by Crippen LogP contribution is -2.42. The number of nitrogens with one attached hydrogen (secondary N) is 2. The van der Waals surface area contributed by atoms with E-state index < -0.39 is 0 Å². The maximum atomic E-state index is 12.7. The van der Waals surface area contributed by atoms with E-state index in [9.17, 15) is 9.59 Å². The lowest BCUT2D eigenvalue weighted by molar-refractivity contribution is -0.123. The lowest BCUT2D eigenvalue weighted by atomic mass is 9.88. The molecule has 0 radical (unpaired) electrons. The molecule has 5 nitrogen and oxygen atoms in total. The van der Waals surface area contributed by atoms with Gasteiger partial charge in [0.15, 0.2) is 0 Å². The molecule has 26 heavy (non-hydrogen) atoms. The summed E-state index contributed by atoms with van der Waals surface area (Å²) >= 11 is 0. The summed E-state index contributed by atoms with van der Waals surface area (Å²) < 4.78 is 0. The zero-order valence-corrected chi connectivity index (χ0v) is 15.1. The van der Waals surface area contributed by atoms with Crippen molar-refractivity contribution >= 4 is 11.8 Å². The Kier molecular flexibility index (Phi) is 5.66. The molecule has 1 aliphatic rings. The van der Waals surface area contributed by atoms with E-state index in [2.05, 4.69) is 22.5 Å². The van der Waals surface area contributed by atoms with Crippen LogP contribution in [0.5, 0.6) is 0 Å². The average Bonchev–Trinajstić information content (AvgIpc) is 3.07. The van der Waals surface area contributed by atoms with Crippen molar-refractivity contribution in [2.75, 3.05) is 0 Å². The Morgan fingerprint density at radius 1 is 1.19 bits per heavy atom. The van der Waals surface area contributed by atoms with Gasteiger partial charge in [-0.15, -0.1) is 0 Å². The van der Waals surface area contributed by atoms with Gasteiger partial charge >= 0.3 is 0 Å². The maximum Gasteiger partial charge on any atom is 0.220 e. The van der Waals surface area contributed by atoms with E-state index >= 15 is 0 Å². The van der Waals surface area contributed by atoms with Gasteiger partial charge in [0.2, 0.25) is 11.8 Å². The summed E-state index contributed by atoms with van der Waals surface area (Å²) in [4.78, 5) is 28.3. The van der Waals surface area contributed by atoms with Crippen molar-refractivity contribution in [3.8, 4) is 0 Å². The van der Waals surface area contributed by atoms with E-state index in [1.807, 2.05) is 42.5 Å². The second-order valence-electron chi connectivity index (χ2n) is 6.87. The molecule has 2 heterocycles. The molecule has 2 atom stereocenters. The van der Waals surface area contributed by atoms with Crippen molar-refractivity contribution < 1.29 is 9.59 Å². The van der Waals surface area contributed by atoms with Gasteiger partial charge in [-0.2, -0.15) is 0 Å². The molecule has 2 unspecified atom stereocenters. The fourth-order valence-electron chi connectivity index (χ4n) is 3.55. The minimum Gasteiger partial charge on any atom is -0.351 e. The van der Waals surface area contributed by atoms with Crippen LogP contribution in [0.3, 0.4) is 0 Å². The molecule has 0 saturated carbocycles. The van der Waals surface area contributed by atoms with Crippen LogP contribution >= 0.6 is 0 Å². The number of carbonyl (C=O) groups excluding carboxylic acids is 2. The van der Waals surface area contributed by atoms with Gasteiger partial charge in [-0.1, -0.05) is 37.3 Å². The zero-order valence-electron chi connectivity index (χ0n) is 15.1. The molecule has 2 aromatic rings. The maximum absolute atomic E-state index is 12.7. The summed E-state index contributed by atoms with van der Waals surface area (Å²) in [6, 6.07) is 13.5. The first-order valence-corrected chi connectivity index (χ1v) is 9.17. The molecule has 3 rings (SSSR count). The van der Waals surface area contributed by atoms with Gasteiger partial charge in [0, 0.05) is 30.8 Å². The van der Waals surface area contributed by atoms with Crippen molar-refractivity contribution in [3.63, 3.8) is 0 Å². The molecule has 5 heteroatoms. The van der Waals surface area contributed by atoms with Gasteiger partial charge < -0.3 is 10.6 Å². The quantitative estimate of drug-likeness (QED) is 0.805. The third-order valence-corrected chi connectivity index (χ3v) is 5.22. The molecule has 0 aliphatic carbocycles. The normalized spacial score (nSPS) is 20.4. The van der Waals surface area contributed by atoms with Crippen molar-refractivity contribution in [1.29, 1.82) is 0 Å². The Hall–Kier alpha value is -2.69. The van der Waals surface area contributed by atoms with Crippen LogP contribution in [0, 0.1) is 0 Å². The number of benzene rings is 1. The van der Waals surface area contributed by atoms with Gasteiger partial charge in [-0.05, 0) is 42.5 Å². The van der Waals surface area contributed by atoms with Crippen LogP contribution in [0.1, 0.15) is 56.2 Å². The molecule has 2 N–H and O–H groups in total. The number of hydrogen-bond donors (Lipinski definition) is 2. The highest BCUT2D eigenvalue weighted by Gasteiger charge is 2.36. The zero-order chi connectivity index (χ0) is 18.4. The largest absolute Gasteiger partial charge is 0.351 e. The van der Waals surface area contributed by atoms with Crippen LogP contribution in [-0.2, 0) is 9.59 Å². The molecular formula is C21H25N3O2. The minimum atomic E-state index is -0.229. The van der Waals surface area contributed by atoms with Crippen LogP contribution in [0.2, 0.25) is 0 Å². The van der Waals surface area contributed by atoms with E-state index in [1.54, 1.807) is 12.4 Å². The first-order chi connectivity index (χ1) is 12.6. The molecule has 1 saturated heterocycles. The van der Waals surface area contributed by atoms with Crippen molar-refractivity contribution in [2.45, 2.75) is 50.6 Å². The van der Waals surface area contributed by atoms with Crippen LogP contribution < -0.4 is 10.6 Å². The molecule has 2 amide bonds. The first kappa shape index (κ1) is 18.1. The highest BCUT2D eigenvalue weighted by atomic mass is 16.2.